The monoisotopic (exact) mass is 310 g/mol. The Morgan fingerprint density at radius 2 is 1.17 bits per heavy atom. The van der Waals surface area contributed by atoms with Crippen LogP contribution in [-0.2, 0) is 16.0 Å². The summed E-state index contributed by atoms with van der Waals surface area (Å²) in [7, 11) is 0. The summed E-state index contributed by atoms with van der Waals surface area (Å²) >= 11 is 0. The van der Waals surface area contributed by atoms with Crippen molar-refractivity contribution in [3.63, 3.8) is 0 Å². The van der Waals surface area contributed by atoms with Crippen LogP contribution >= 0.6 is 0 Å². The Hall–Kier alpha value is -2.62. The Labute approximate surface area is 136 Å². The second-order valence-corrected chi connectivity index (χ2v) is 5.86. The van der Waals surface area contributed by atoms with E-state index in [-0.39, 0.29) is 11.8 Å². The molecule has 0 aromatic heterocycles. The lowest BCUT2D eigenvalue weighted by Crippen LogP contribution is -2.11. The predicted octanol–water partition coefficient (Wildman–Crippen LogP) is 3.81. The zero-order valence-electron chi connectivity index (χ0n) is 14.0. The lowest BCUT2D eigenvalue weighted by atomic mass is 9.98. The predicted molar refractivity (Wildman–Crippen MR) is 93.8 cm³/mol. The van der Waals surface area contributed by atoms with Gasteiger partial charge in [0.1, 0.15) is 0 Å². The lowest BCUT2D eigenvalue weighted by Gasteiger charge is -2.15. The minimum atomic E-state index is -0.0959. The number of rotatable bonds is 4. The van der Waals surface area contributed by atoms with E-state index < -0.39 is 0 Å². The second kappa shape index (κ2) is 7.09. The number of aryl methyl sites for hydroxylation is 2. The molecule has 0 aliphatic heterocycles. The number of hydrogen-bond acceptors (Lipinski definition) is 2. The molecule has 0 aliphatic carbocycles. The van der Waals surface area contributed by atoms with Gasteiger partial charge in [-0.2, -0.15) is 0 Å². The van der Waals surface area contributed by atoms with E-state index in [1.54, 1.807) is 0 Å². The van der Waals surface area contributed by atoms with Crippen molar-refractivity contribution in [2.45, 2.75) is 34.1 Å². The molecular formula is C19H22N2O2. The summed E-state index contributed by atoms with van der Waals surface area (Å²) in [6, 6.07) is 11.9. The molecule has 0 unspecified atom stereocenters. The van der Waals surface area contributed by atoms with E-state index in [2.05, 4.69) is 22.8 Å². The maximum Gasteiger partial charge on any atom is 0.221 e. The Balaban J connectivity index is 2.42. The number of carbonyl (C=O) groups excluding carboxylic acids is 2. The third-order valence-corrected chi connectivity index (χ3v) is 3.52. The van der Waals surface area contributed by atoms with Crippen molar-refractivity contribution in [2.24, 2.45) is 0 Å². The molecule has 0 aliphatic rings. The molecule has 0 saturated carbocycles. The molecule has 0 fully saturated rings. The summed E-state index contributed by atoms with van der Waals surface area (Å²) < 4.78 is 0. The van der Waals surface area contributed by atoms with Crippen molar-refractivity contribution in [3.8, 4) is 0 Å². The Morgan fingerprint density at radius 1 is 0.783 bits per heavy atom. The highest BCUT2D eigenvalue weighted by Gasteiger charge is 2.10. The maximum atomic E-state index is 11.4. The van der Waals surface area contributed by atoms with Crippen molar-refractivity contribution >= 4 is 23.2 Å². The quantitative estimate of drug-likeness (QED) is 0.902. The summed E-state index contributed by atoms with van der Waals surface area (Å²) in [6.07, 6.45) is 0.634. The standard InChI is InChI=1S/C19H22N2O2/c1-12-5-7-18(20-14(3)22)16(9-12)11-17-10-13(2)6-8-19(17)21-15(4)23/h5-10H,11H2,1-4H3,(H,20,22)(H,21,23). The van der Waals surface area contributed by atoms with Gasteiger partial charge in [-0.05, 0) is 37.1 Å². The van der Waals surface area contributed by atoms with Crippen LogP contribution in [0.2, 0.25) is 0 Å². The number of carbonyl (C=O) groups is 2. The molecule has 0 bridgehead atoms. The topological polar surface area (TPSA) is 58.2 Å². The van der Waals surface area contributed by atoms with E-state index in [1.165, 1.54) is 13.8 Å². The highest BCUT2D eigenvalue weighted by atomic mass is 16.2. The van der Waals surface area contributed by atoms with Crippen LogP contribution in [0.4, 0.5) is 11.4 Å². The van der Waals surface area contributed by atoms with Gasteiger partial charge in [-0.3, -0.25) is 9.59 Å². The molecule has 2 N–H and O–H groups in total. The first kappa shape index (κ1) is 16.7. The molecule has 2 amide bonds. The van der Waals surface area contributed by atoms with Crippen LogP contribution in [0.25, 0.3) is 0 Å². The number of hydrogen-bond donors (Lipinski definition) is 2. The average Bonchev–Trinajstić information content (AvgIpc) is 2.44. The van der Waals surface area contributed by atoms with Crippen LogP contribution in [0.5, 0.6) is 0 Å². The summed E-state index contributed by atoms with van der Waals surface area (Å²) in [5, 5.41) is 5.74. The lowest BCUT2D eigenvalue weighted by molar-refractivity contribution is -0.115. The summed E-state index contributed by atoms with van der Waals surface area (Å²) in [5.41, 5.74) is 5.91. The first-order chi connectivity index (χ1) is 10.8. The van der Waals surface area contributed by atoms with Gasteiger partial charge >= 0.3 is 0 Å². The fraction of sp³-hybridized carbons (Fsp3) is 0.263. The van der Waals surface area contributed by atoms with Gasteiger partial charge in [-0.15, -0.1) is 0 Å². The molecular weight excluding hydrogens is 288 g/mol. The summed E-state index contributed by atoms with van der Waals surface area (Å²) in [6.45, 7) is 7.04. The fourth-order valence-electron chi connectivity index (χ4n) is 2.57. The second-order valence-electron chi connectivity index (χ2n) is 5.86. The SMILES string of the molecule is CC(=O)Nc1ccc(C)cc1Cc1cc(C)ccc1NC(C)=O. The van der Waals surface area contributed by atoms with Crippen LogP contribution in [0.3, 0.4) is 0 Å². The van der Waals surface area contributed by atoms with E-state index in [0.29, 0.717) is 6.42 Å². The van der Waals surface area contributed by atoms with Crippen molar-refractivity contribution < 1.29 is 9.59 Å². The smallest absolute Gasteiger partial charge is 0.221 e. The van der Waals surface area contributed by atoms with Crippen molar-refractivity contribution in [1.29, 1.82) is 0 Å². The Morgan fingerprint density at radius 3 is 1.52 bits per heavy atom. The summed E-state index contributed by atoms with van der Waals surface area (Å²) in [5.74, 6) is -0.192. The highest BCUT2D eigenvalue weighted by Crippen LogP contribution is 2.26. The van der Waals surface area contributed by atoms with Gasteiger partial charge < -0.3 is 10.6 Å². The molecule has 0 radical (unpaired) electrons. The molecule has 0 heterocycles. The molecule has 2 aromatic rings. The number of amides is 2. The van der Waals surface area contributed by atoms with Gasteiger partial charge in [-0.1, -0.05) is 35.4 Å². The van der Waals surface area contributed by atoms with Crippen LogP contribution in [0, 0.1) is 13.8 Å². The van der Waals surface area contributed by atoms with Gasteiger partial charge in [0.25, 0.3) is 0 Å². The Bertz CT molecular complexity index is 688. The fourth-order valence-corrected chi connectivity index (χ4v) is 2.57. The van der Waals surface area contributed by atoms with E-state index in [4.69, 9.17) is 0 Å². The van der Waals surface area contributed by atoms with E-state index >= 15 is 0 Å². The number of benzene rings is 2. The molecule has 2 rings (SSSR count). The van der Waals surface area contributed by atoms with Gasteiger partial charge in [0, 0.05) is 31.6 Å². The minimum Gasteiger partial charge on any atom is -0.326 e. The van der Waals surface area contributed by atoms with Crippen LogP contribution in [0.1, 0.15) is 36.1 Å². The van der Waals surface area contributed by atoms with Gasteiger partial charge in [-0.25, -0.2) is 0 Å². The van der Waals surface area contributed by atoms with Crippen LogP contribution < -0.4 is 10.6 Å². The molecule has 4 nitrogen and oxygen atoms in total. The molecule has 120 valence electrons. The zero-order chi connectivity index (χ0) is 17.0. The van der Waals surface area contributed by atoms with Crippen LogP contribution in [0.15, 0.2) is 36.4 Å². The average molecular weight is 310 g/mol. The highest BCUT2D eigenvalue weighted by molar-refractivity contribution is 5.91. The van der Waals surface area contributed by atoms with E-state index in [0.717, 1.165) is 33.6 Å². The molecule has 0 saturated heterocycles. The van der Waals surface area contributed by atoms with Crippen molar-refractivity contribution in [1.82, 2.24) is 0 Å². The van der Waals surface area contributed by atoms with Crippen molar-refractivity contribution in [3.05, 3.63) is 58.7 Å². The Kier molecular flexibility index (Phi) is 5.16. The largest absolute Gasteiger partial charge is 0.326 e. The molecule has 0 spiro atoms. The van der Waals surface area contributed by atoms with E-state index in [9.17, 15) is 9.59 Å². The normalized spacial score (nSPS) is 10.3. The van der Waals surface area contributed by atoms with E-state index in [1.807, 2.05) is 38.1 Å². The van der Waals surface area contributed by atoms with Crippen LogP contribution in [-0.4, -0.2) is 11.8 Å². The third kappa shape index (κ3) is 4.68. The first-order valence-corrected chi connectivity index (χ1v) is 7.59. The van der Waals surface area contributed by atoms with Gasteiger partial charge in [0.05, 0.1) is 0 Å². The molecule has 23 heavy (non-hydrogen) atoms. The number of anilines is 2. The zero-order valence-corrected chi connectivity index (χ0v) is 14.0. The first-order valence-electron chi connectivity index (χ1n) is 7.59. The minimum absolute atomic E-state index is 0.0959. The number of nitrogens with one attached hydrogen (secondary N) is 2. The maximum absolute atomic E-state index is 11.4. The van der Waals surface area contributed by atoms with Gasteiger partial charge in [0.15, 0.2) is 0 Å². The molecule has 2 aromatic carbocycles. The van der Waals surface area contributed by atoms with Gasteiger partial charge in [0.2, 0.25) is 11.8 Å². The molecule has 4 heteroatoms. The summed E-state index contributed by atoms with van der Waals surface area (Å²) in [4.78, 5) is 22.8. The third-order valence-electron chi connectivity index (χ3n) is 3.52. The molecule has 0 atom stereocenters. The van der Waals surface area contributed by atoms with Crippen molar-refractivity contribution in [2.75, 3.05) is 10.6 Å².